The van der Waals surface area contributed by atoms with E-state index in [2.05, 4.69) is 73.7 Å². The van der Waals surface area contributed by atoms with E-state index in [9.17, 15) is 0 Å². The van der Waals surface area contributed by atoms with Crippen LogP contribution in [0.3, 0.4) is 0 Å². The third-order valence-electron chi connectivity index (χ3n) is 1.74. The van der Waals surface area contributed by atoms with Gasteiger partial charge in [0.25, 0.3) is 0 Å². The van der Waals surface area contributed by atoms with E-state index in [0.29, 0.717) is 0 Å². The highest BCUT2D eigenvalue weighted by atomic mass is 32.1. The molecule has 90 valence electrons. The van der Waals surface area contributed by atoms with Crippen LogP contribution in [0.25, 0.3) is 0 Å². The van der Waals surface area contributed by atoms with E-state index in [1.807, 2.05) is 0 Å². The lowest BCUT2D eigenvalue weighted by molar-refractivity contribution is 1.78. The minimum absolute atomic E-state index is 1.12. The van der Waals surface area contributed by atoms with Crippen LogP contribution in [-0.4, -0.2) is 16.1 Å². The Bertz CT molecular complexity index is 458. The van der Waals surface area contributed by atoms with Gasteiger partial charge in [0.05, 0.1) is 4.88 Å². The van der Waals surface area contributed by atoms with Crippen molar-refractivity contribution in [2.45, 2.75) is 39.3 Å². The number of rotatable bonds is 0. The Morgan fingerprint density at radius 1 is 0.882 bits per heavy atom. The minimum atomic E-state index is -1.26. The Morgan fingerprint density at radius 3 is 1.94 bits per heavy atom. The Kier molecular flexibility index (Phi) is 4.44. The van der Waals surface area contributed by atoms with Gasteiger partial charge in [-0.25, -0.2) is 0 Å². The van der Waals surface area contributed by atoms with Crippen LogP contribution in [-0.2, 0) is 0 Å². The van der Waals surface area contributed by atoms with Crippen LogP contribution in [0.2, 0.25) is 39.3 Å². The molecule has 0 aliphatic carbocycles. The molecule has 17 heavy (non-hydrogen) atoms. The highest BCUT2D eigenvalue weighted by molar-refractivity contribution is 7.10. The largest absolute Gasteiger partial charge is 0.134 e. The molecule has 1 aromatic heterocycles. The van der Waals surface area contributed by atoms with Crippen LogP contribution in [0, 0.1) is 22.9 Å². The molecular weight excluding hydrogens is 256 g/mol. The highest BCUT2D eigenvalue weighted by Gasteiger charge is 2.08. The van der Waals surface area contributed by atoms with Crippen LogP contribution >= 0.6 is 11.3 Å². The molecule has 1 rings (SSSR count). The molecule has 0 saturated heterocycles. The second kappa shape index (κ2) is 5.27. The zero-order chi connectivity index (χ0) is 13.1. The molecule has 0 fully saturated rings. The molecular formula is C14H20SSi2. The summed E-state index contributed by atoms with van der Waals surface area (Å²) < 4.78 is 0. The summed E-state index contributed by atoms with van der Waals surface area (Å²) in [4.78, 5) is 1.15. The smallest absolute Gasteiger partial charge is 0.129 e. The van der Waals surface area contributed by atoms with Gasteiger partial charge >= 0.3 is 0 Å². The Labute approximate surface area is 111 Å². The fraction of sp³-hybridized carbons (Fsp3) is 0.429. The summed E-state index contributed by atoms with van der Waals surface area (Å²) >= 11 is 1.70. The molecule has 1 heterocycles. The first-order valence-electron chi connectivity index (χ1n) is 5.81. The predicted molar refractivity (Wildman–Crippen MR) is 84.8 cm³/mol. The van der Waals surface area contributed by atoms with Crippen molar-refractivity contribution in [3.63, 3.8) is 0 Å². The Hall–Kier alpha value is -0.746. The molecule has 3 heteroatoms. The van der Waals surface area contributed by atoms with Gasteiger partial charge < -0.3 is 0 Å². The standard InChI is InChI=1S/C14H20SSi2/c1-16(2,3)9-7-13-11-14(15-12-13)8-10-17(4,5)6/h11-12H,1-6H3. The SMILES string of the molecule is C[Si](C)(C)C#Cc1csc(C#C[Si](C)(C)C)c1. The van der Waals surface area contributed by atoms with E-state index in [0.717, 1.165) is 10.4 Å². The normalized spacial score (nSPS) is 11.2. The molecule has 0 aromatic carbocycles. The molecule has 0 nitrogen and oxygen atoms in total. The Morgan fingerprint density at radius 2 is 1.41 bits per heavy atom. The summed E-state index contributed by atoms with van der Waals surface area (Å²) in [6, 6.07) is 2.12. The van der Waals surface area contributed by atoms with Gasteiger partial charge in [-0.05, 0) is 6.07 Å². The first-order valence-corrected chi connectivity index (χ1v) is 13.7. The van der Waals surface area contributed by atoms with Crippen molar-refractivity contribution in [1.82, 2.24) is 0 Å². The molecule has 0 amide bonds. The molecule has 0 bridgehead atoms. The molecule has 0 spiro atoms. The molecule has 0 aliphatic heterocycles. The third-order valence-corrected chi connectivity index (χ3v) is 4.34. The van der Waals surface area contributed by atoms with Crippen LogP contribution in [0.1, 0.15) is 10.4 Å². The molecule has 0 atom stereocenters. The van der Waals surface area contributed by atoms with Crippen molar-refractivity contribution in [3.8, 4) is 22.9 Å². The van der Waals surface area contributed by atoms with Crippen LogP contribution in [0.5, 0.6) is 0 Å². The summed E-state index contributed by atoms with van der Waals surface area (Å²) in [5, 5.41) is 2.11. The van der Waals surface area contributed by atoms with Gasteiger partial charge in [-0.3, -0.25) is 0 Å². The van der Waals surface area contributed by atoms with Crippen molar-refractivity contribution in [1.29, 1.82) is 0 Å². The van der Waals surface area contributed by atoms with Crippen LogP contribution in [0.15, 0.2) is 11.4 Å². The van der Waals surface area contributed by atoms with Crippen molar-refractivity contribution >= 4 is 27.5 Å². The Balaban J connectivity index is 2.85. The maximum atomic E-state index is 3.38. The minimum Gasteiger partial charge on any atom is -0.134 e. The van der Waals surface area contributed by atoms with Crippen LogP contribution < -0.4 is 0 Å². The summed E-state index contributed by atoms with van der Waals surface area (Å²) in [5.41, 5.74) is 7.89. The number of hydrogen-bond acceptors (Lipinski definition) is 1. The summed E-state index contributed by atoms with van der Waals surface area (Å²) in [5.74, 6) is 6.54. The summed E-state index contributed by atoms with van der Waals surface area (Å²) in [6.07, 6.45) is 0. The lowest BCUT2D eigenvalue weighted by Crippen LogP contribution is -2.16. The van der Waals surface area contributed by atoms with Gasteiger partial charge in [0.2, 0.25) is 0 Å². The monoisotopic (exact) mass is 276 g/mol. The quantitative estimate of drug-likeness (QED) is 0.492. The average Bonchev–Trinajstić information content (AvgIpc) is 2.57. The van der Waals surface area contributed by atoms with Gasteiger partial charge in [-0.1, -0.05) is 51.1 Å². The predicted octanol–water partition coefficient (Wildman–Crippen LogP) is 4.21. The molecule has 1 aromatic rings. The molecule has 0 aliphatic rings. The molecule has 0 unspecified atom stereocenters. The van der Waals surface area contributed by atoms with E-state index in [-0.39, 0.29) is 0 Å². The number of hydrogen-bond donors (Lipinski definition) is 0. The van der Waals surface area contributed by atoms with E-state index in [1.54, 1.807) is 11.3 Å². The fourth-order valence-electron chi connectivity index (χ4n) is 0.976. The fourth-order valence-corrected chi connectivity index (χ4v) is 2.78. The van der Waals surface area contributed by atoms with Gasteiger partial charge in [0, 0.05) is 10.9 Å². The van der Waals surface area contributed by atoms with E-state index in [1.165, 1.54) is 0 Å². The maximum Gasteiger partial charge on any atom is 0.129 e. The zero-order valence-corrected chi connectivity index (χ0v) is 14.4. The molecule has 0 N–H and O–H groups in total. The molecule has 0 saturated carbocycles. The lowest BCUT2D eigenvalue weighted by Gasteiger charge is -2.02. The second-order valence-electron chi connectivity index (χ2n) is 6.20. The van der Waals surface area contributed by atoms with Gasteiger partial charge in [0.15, 0.2) is 0 Å². The first kappa shape index (κ1) is 14.3. The van der Waals surface area contributed by atoms with E-state index < -0.39 is 16.1 Å². The first-order chi connectivity index (χ1) is 7.66. The van der Waals surface area contributed by atoms with Crippen molar-refractivity contribution in [3.05, 3.63) is 21.9 Å². The third kappa shape index (κ3) is 6.53. The van der Waals surface area contributed by atoms with Crippen LogP contribution in [0.4, 0.5) is 0 Å². The summed E-state index contributed by atoms with van der Waals surface area (Å²) in [6.45, 7) is 13.6. The van der Waals surface area contributed by atoms with Crippen molar-refractivity contribution in [2.75, 3.05) is 0 Å². The van der Waals surface area contributed by atoms with Gasteiger partial charge in [-0.2, -0.15) is 0 Å². The number of thiophene rings is 1. The zero-order valence-electron chi connectivity index (χ0n) is 11.6. The van der Waals surface area contributed by atoms with Crippen molar-refractivity contribution < 1.29 is 0 Å². The topological polar surface area (TPSA) is 0 Å². The second-order valence-corrected chi connectivity index (χ2v) is 16.6. The van der Waals surface area contributed by atoms with E-state index >= 15 is 0 Å². The van der Waals surface area contributed by atoms with Gasteiger partial charge in [-0.15, -0.1) is 22.4 Å². The average molecular weight is 277 g/mol. The van der Waals surface area contributed by atoms with Gasteiger partial charge in [0.1, 0.15) is 16.1 Å². The van der Waals surface area contributed by atoms with Crippen molar-refractivity contribution in [2.24, 2.45) is 0 Å². The van der Waals surface area contributed by atoms with E-state index in [4.69, 9.17) is 0 Å². The lowest BCUT2D eigenvalue weighted by atomic mass is 10.3. The summed E-state index contributed by atoms with van der Waals surface area (Å²) in [7, 11) is -2.53. The molecule has 0 radical (unpaired) electrons. The highest BCUT2D eigenvalue weighted by Crippen LogP contribution is 2.13. The maximum absolute atomic E-state index is 3.38.